The summed E-state index contributed by atoms with van der Waals surface area (Å²) in [5.74, 6) is -2.09. The molecule has 0 bridgehead atoms. The lowest BCUT2D eigenvalue weighted by molar-refractivity contribution is -0.138. The van der Waals surface area contributed by atoms with Crippen LogP contribution in [0.5, 0.6) is 0 Å². The van der Waals surface area contributed by atoms with Gasteiger partial charge in [-0.25, -0.2) is 4.79 Å². The largest absolute Gasteiger partial charge is 0.480 e. The molecule has 0 atom stereocenters. The summed E-state index contributed by atoms with van der Waals surface area (Å²) in [6.07, 6.45) is -4.53. The topological polar surface area (TPSA) is 98.7 Å². The Morgan fingerprint density at radius 1 is 1.17 bits per heavy atom. The Kier molecular flexibility index (Phi) is 5.93. The second kappa shape index (κ2) is 6.67. The van der Waals surface area contributed by atoms with E-state index in [1.54, 1.807) is 0 Å². The number of rotatable bonds is 5. The molecule has 0 aliphatic heterocycles. The molecule has 0 aromatic carbocycles. The van der Waals surface area contributed by atoms with Crippen LogP contribution in [0.2, 0.25) is 0 Å². The molecule has 3 amide bonds. The fourth-order valence-electron chi connectivity index (χ4n) is 0.868. The van der Waals surface area contributed by atoms with E-state index in [9.17, 15) is 27.6 Å². The van der Waals surface area contributed by atoms with Crippen LogP contribution in [0, 0.1) is 0 Å². The molecule has 3 N–H and O–H groups in total. The number of aliphatic carboxylic acids is 1. The standard InChI is InChI=1S/C8H12F3N3O4/c1-14(4-8(9,10)11)7(18)13-2-5(15)12-3-6(16)17/h2-4H2,1H3,(H,12,15)(H,13,18)(H,16,17). The summed E-state index contributed by atoms with van der Waals surface area (Å²) in [7, 11) is 0.915. The number of carbonyl (C=O) groups is 3. The molecule has 0 aromatic rings. The fourth-order valence-corrected chi connectivity index (χ4v) is 0.868. The lowest BCUT2D eigenvalue weighted by atomic mass is 10.5. The summed E-state index contributed by atoms with van der Waals surface area (Å²) < 4.78 is 35.7. The number of hydrogen-bond acceptors (Lipinski definition) is 3. The average Bonchev–Trinajstić information content (AvgIpc) is 2.20. The lowest BCUT2D eigenvalue weighted by Gasteiger charge is -2.19. The summed E-state index contributed by atoms with van der Waals surface area (Å²) in [5.41, 5.74) is 0. The Bertz CT molecular complexity index is 332. The van der Waals surface area contributed by atoms with Gasteiger partial charge in [0, 0.05) is 7.05 Å². The van der Waals surface area contributed by atoms with Crippen LogP contribution in [0.15, 0.2) is 0 Å². The van der Waals surface area contributed by atoms with E-state index in [1.807, 2.05) is 10.6 Å². The van der Waals surface area contributed by atoms with Crippen LogP contribution in [0.1, 0.15) is 0 Å². The van der Waals surface area contributed by atoms with Crippen molar-refractivity contribution in [3.05, 3.63) is 0 Å². The zero-order valence-electron chi connectivity index (χ0n) is 9.37. The van der Waals surface area contributed by atoms with Crippen LogP contribution in [0.25, 0.3) is 0 Å². The molecule has 10 heteroatoms. The summed E-state index contributed by atoms with van der Waals surface area (Å²) in [5, 5.41) is 12.1. The number of carboxylic acid groups (broad SMARTS) is 1. The van der Waals surface area contributed by atoms with Crippen molar-refractivity contribution in [2.24, 2.45) is 0 Å². The van der Waals surface area contributed by atoms with Crippen molar-refractivity contribution in [2.45, 2.75) is 6.18 Å². The van der Waals surface area contributed by atoms with Crippen LogP contribution >= 0.6 is 0 Å². The average molecular weight is 271 g/mol. The molecule has 0 spiro atoms. The third-order valence-electron chi connectivity index (χ3n) is 1.60. The van der Waals surface area contributed by atoms with Gasteiger partial charge < -0.3 is 20.6 Å². The first kappa shape index (κ1) is 16.0. The van der Waals surface area contributed by atoms with Crippen LogP contribution in [0.4, 0.5) is 18.0 Å². The maximum absolute atomic E-state index is 11.9. The number of alkyl halides is 3. The highest BCUT2D eigenvalue weighted by Gasteiger charge is 2.31. The van der Waals surface area contributed by atoms with Gasteiger partial charge in [0.1, 0.15) is 13.1 Å². The van der Waals surface area contributed by atoms with Gasteiger partial charge in [-0.1, -0.05) is 0 Å². The minimum atomic E-state index is -4.53. The minimum absolute atomic E-state index is 0.352. The number of halogens is 3. The van der Waals surface area contributed by atoms with Crippen molar-refractivity contribution in [3.8, 4) is 0 Å². The van der Waals surface area contributed by atoms with Crippen molar-refractivity contribution in [1.29, 1.82) is 0 Å². The highest BCUT2D eigenvalue weighted by atomic mass is 19.4. The van der Waals surface area contributed by atoms with Crippen LogP contribution in [-0.4, -0.2) is 60.8 Å². The molecule has 0 aliphatic carbocycles. The second-order valence-electron chi connectivity index (χ2n) is 3.30. The normalized spacial score (nSPS) is 10.7. The number of nitrogens with zero attached hydrogens (tertiary/aromatic N) is 1. The van der Waals surface area contributed by atoms with Crippen molar-refractivity contribution in [1.82, 2.24) is 15.5 Å². The van der Waals surface area contributed by atoms with E-state index >= 15 is 0 Å². The molecular weight excluding hydrogens is 259 g/mol. The van der Waals surface area contributed by atoms with Gasteiger partial charge in [-0.15, -0.1) is 0 Å². The monoisotopic (exact) mass is 271 g/mol. The molecular formula is C8H12F3N3O4. The maximum Gasteiger partial charge on any atom is 0.406 e. The highest BCUT2D eigenvalue weighted by molar-refractivity contribution is 5.86. The van der Waals surface area contributed by atoms with E-state index in [4.69, 9.17) is 5.11 Å². The summed E-state index contributed by atoms with van der Waals surface area (Å²) in [6, 6.07) is -1.09. The third-order valence-corrected chi connectivity index (χ3v) is 1.60. The predicted octanol–water partition coefficient (Wildman–Crippen LogP) is -0.609. The Hall–Kier alpha value is -2.00. The molecule has 0 saturated carbocycles. The maximum atomic E-state index is 11.9. The van der Waals surface area contributed by atoms with Gasteiger partial charge in [-0.3, -0.25) is 9.59 Å². The molecule has 0 rings (SSSR count). The molecule has 104 valence electrons. The van der Waals surface area contributed by atoms with Crippen LogP contribution in [0.3, 0.4) is 0 Å². The third kappa shape index (κ3) is 8.19. The molecule has 18 heavy (non-hydrogen) atoms. The van der Waals surface area contributed by atoms with E-state index in [0.717, 1.165) is 7.05 Å². The number of urea groups is 1. The zero-order chi connectivity index (χ0) is 14.3. The highest BCUT2D eigenvalue weighted by Crippen LogP contribution is 2.15. The first-order chi connectivity index (χ1) is 8.11. The SMILES string of the molecule is CN(CC(F)(F)F)C(=O)NCC(=O)NCC(=O)O. The van der Waals surface area contributed by atoms with Crippen molar-refractivity contribution in [3.63, 3.8) is 0 Å². The summed E-state index contributed by atoms with van der Waals surface area (Å²) in [6.45, 7) is -2.68. The Morgan fingerprint density at radius 3 is 2.17 bits per heavy atom. The van der Waals surface area contributed by atoms with Gasteiger partial charge in [0.2, 0.25) is 5.91 Å². The van der Waals surface area contributed by atoms with E-state index in [2.05, 4.69) is 0 Å². The van der Waals surface area contributed by atoms with E-state index < -0.39 is 43.7 Å². The fraction of sp³-hybridized carbons (Fsp3) is 0.625. The molecule has 0 fully saturated rings. The first-order valence-electron chi connectivity index (χ1n) is 4.66. The quantitative estimate of drug-likeness (QED) is 0.621. The molecule has 0 heterocycles. The Morgan fingerprint density at radius 2 is 1.72 bits per heavy atom. The number of nitrogens with one attached hydrogen (secondary N) is 2. The Balaban J connectivity index is 3.95. The number of amides is 3. The van der Waals surface area contributed by atoms with Gasteiger partial charge in [0.25, 0.3) is 0 Å². The molecule has 0 aliphatic rings. The van der Waals surface area contributed by atoms with Crippen LogP contribution in [-0.2, 0) is 9.59 Å². The van der Waals surface area contributed by atoms with Gasteiger partial charge in [-0.05, 0) is 0 Å². The van der Waals surface area contributed by atoms with E-state index in [1.165, 1.54) is 0 Å². The van der Waals surface area contributed by atoms with Crippen LogP contribution < -0.4 is 10.6 Å². The predicted molar refractivity (Wildman–Crippen MR) is 52.7 cm³/mol. The van der Waals surface area contributed by atoms with Gasteiger partial charge >= 0.3 is 18.2 Å². The van der Waals surface area contributed by atoms with Gasteiger partial charge in [-0.2, -0.15) is 13.2 Å². The molecule has 0 saturated heterocycles. The molecule has 0 radical (unpaired) electrons. The zero-order valence-corrected chi connectivity index (χ0v) is 9.37. The van der Waals surface area contributed by atoms with Crippen molar-refractivity contribution in [2.75, 3.05) is 26.7 Å². The van der Waals surface area contributed by atoms with Gasteiger partial charge in [0.05, 0.1) is 6.54 Å². The van der Waals surface area contributed by atoms with E-state index in [0.29, 0.717) is 4.90 Å². The Labute approximate surface area is 99.9 Å². The van der Waals surface area contributed by atoms with Crippen molar-refractivity contribution >= 4 is 17.9 Å². The summed E-state index contributed by atoms with van der Waals surface area (Å²) in [4.78, 5) is 32.4. The minimum Gasteiger partial charge on any atom is -0.480 e. The molecule has 0 aromatic heterocycles. The number of hydrogen-bond donors (Lipinski definition) is 3. The number of carbonyl (C=O) groups excluding carboxylic acids is 2. The summed E-state index contributed by atoms with van der Waals surface area (Å²) >= 11 is 0. The smallest absolute Gasteiger partial charge is 0.406 e. The van der Waals surface area contributed by atoms with Gasteiger partial charge in [0.15, 0.2) is 0 Å². The van der Waals surface area contributed by atoms with E-state index in [-0.39, 0.29) is 0 Å². The second-order valence-corrected chi connectivity index (χ2v) is 3.30. The van der Waals surface area contributed by atoms with Crippen molar-refractivity contribution < 1.29 is 32.7 Å². The molecule has 7 nitrogen and oxygen atoms in total. The lowest BCUT2D eigenvalue weighted by Crippen LogP contribution is -2.46. The number of carboxylic acids is 1. The molecule has 0 unspecified atom stereocenters. The first-order valence-corrected chi connectivity index (χ1v) is 4.66.